The normalized spacial score (nSPS) is 14.9. The van der Waals surface area contributed by atoms with Gasteiger partial charge in [-0.2, -0.15) is 0 Å². The first-order valence-corrected chi connectivity index (χ1v) is 8.29. The summed E-state index contributed by atoms with van der Waals surface area (Å²) in [5.74, 6) is -0.789. The van der Waals surface area contributed by atoms with Gasteiger partial charge in [0.05, 0.1) is 16.7 Å². The lowest BCUT2D eigenvalue weighted by molar-refractivity contribution is -0.118. The van der Waals surface area contributed by atoms with E-state index in [2.05, 4.69) is 10.5 Å². The largest absolute Gasteiger partial charge is 0.356 e. The minimum absolute atomic E-state index is 0.269. The average molecular weight is 354 g/mol. The molecule has 0 radical (unpaired) electrons. The molecule has 0 unspecified atom stereocenters. The van der Waals surface area contributed by atoms with Crippen LogP contribution in [0.3, 0.4) is 0 Å². The van der Waals surface area contributed by atoms with Gasteiger partial charge in [0.25, 0.3) is 0 Å². The SMILES string of the molecule is Cc1ccc(NC(=O)C2(c3cc(-c4ccccc4F)on3)CC2)cc1F. The number of rotatable bonds is 4. The Bertz CT molecular complexity index is 993. The zero-order chi connectivity index (χ0) is 18.3. The lowest BCUT2D eigenvalue weighted by Gasteiger charge is -2.12. The van der Waals surface area contributed by atoms with Gasteiger partial charge in [0.2, 0.25) is 5.91 Å². The Labute approximate surface area is 148 Å². The van der Waals surface area contributed by atoms with Crippen LogP contribution in [-0.2, 0) is 10.2 Å². The third-order valence-corrected chi connectivity index (χ3v) is 4.75. The quantitative estimate of drug-likeness (QED) is 0.745. The van der Waals surface area contributed by atoms with Crippen molar-refractivity contribution in [3.8, 4) is 11.3 Å². The third kappa shape index (κ3) is 2.77. The van der Waals surface area contributed by atoms with Gasteiger partial charge in [0, 0.05) is 11.8 Å². The molecule has 1 N–H and O–H groups in total. The number of amides is 1. The highest BCUT2D eigenvalue weighted by atomic mass is 19.1. The molecular weight excluding hydrogens is 338 g/mol. The predicted molar refractivity (Wildman–Crippen MR) is 92.6 cm³/mol. The first-order chi connectivity index (χ1) is 12.5. The van der Waals surface area contributed by atoms with Crippen LogP contribution < -0.4 is 5.32 Å². The van der Waals surface area contributed by atoms with E-state index in [1.807, 2.05) is 0 Å². The monoisotopic (exact) mass is 354 g/mol. The number of nitrogens with one attached hydrogen (secondary N) is 1. The Kier molecular flexibility index (Phi) is 3.83. The Balaban J connectivity index is 1.58. The summed E-state index contributed by atoms with van der Waals surface area (Å²) in [5, 5.41) is 6.72. The van der Waals surface area contributed by atoms with Crippen LogP contribution in [-0.4, -0.2) is 11.1 Å². The van der Waals surface area contributed by atoms with Gasteiger partial charge >= 0.3 is 0 Å². The molecule has 0 atom stereocenters. The highest BCUT2D eigenvalue weighted by Crippen LogP contribution is 2.49. The second kappa shape index (κ2) is 6.05. The Morgan fingerprint density at radius 3 is 2.58 bits per heavy atom. The first kappa shape index (κ1) is 16.4. The number of carbonyl (C=O) groups is 1. The van der Waals surface area contributed by atoms with E-state index in [4.69, 9.17) is 4.52 Å². The van der Waals surface area contributed by atoms with Crippen molar-refractivity contribution in [3.63, 3.8) is 0 Å². The van der Waals surface area contributed by atoms with Gasteiger partial charge in [-0.15, -0.1) is 0 Å². The molecule has 1 aliphatic carbocycles. The fraction of sp³-hybridized carbons (Fsp3) is 0.200. The molecule has 132 valence electrons. The summed E-state index contributed by atoms with van der Waals surface area (Å²) in [6.45, 7) is 1.66. The van der Waals surface area contributed by atoms with E-state index in [9.17, 15) is 13.6 Å². The van der Waals surface area contributed by atoms with Crippen molar-refractivity contribution in [2.24, 2.45) is 0 Å². The molecule has 0 bridgehead atoms. The average Bonchev–Trinajstić information content (AvgIpc) is 3.30. The minimum atomic E-state index is -0.811. The van der Waals surface area contributed by atoms with Crippen molar-refractivity contribution in [1.82, 2.24) is 5.16 Å². The molecule has 1 fully saturated rings. The lowest BCUT2D eigenvalue weighted by atomic mass is 10.00. The second-order valence-corrected chi connectivity index (χ2v) is 6.56. The third-order valence-electron chi connectivity index (χ3n) is 4.75. The smallest absolute Gasteiger partial charge is 0.236 e. The molecule has 0 spiro atoms. The molecule has 0 saturated heterocycles. The summed E-state index contributed by atoms with van der Waals surface area (Å²) < 4.78 is 32.9. The lowest BCUT2D eigenvalue weighted by Crippen LogP contribution is -2.28. The Hall–Kier alpha value is -3.02. The fourth-order valence-corrected chi connectivity index (χ4v) is 2.93. The summed E-state index contributed by atoms with van der Waals surface area (Å²) in [6, 6.07) is 12.4. The number of aryl methyl sites for hydroxylation is 1. The van der Waals surface area contributed by atoms with E-state index < -0.39 is 11.2 Å². The molecule has 3 aromatic rings. The summed E-state index contributed by atoms with van der Waals surface area (Å²) in [4.78, 5) is 12.7. The fourth-order valence-electron chi connectivity index (χ4n) is 2.93. The number of hydrogen-bond acceptors (Lipinski definition) is 3. The summed E-state index contributed by atoms with van der Waals surface area (Å²) in [5.41, 5.74) is 0.843. The van der Waals surface area contributed by atoms with Crippen molar-refractivity contribution < 1.29 is 18.1 Å². The van der Waals surface area contributed by atoms with Crippen LogP contribution in [0, 0.1) is 18.6 Å². The standard InChI is InChI=1S/C20H16F2N2O2/c1-12-6-7-13(10-16(12)22)23-19(25)20(8-9-20)18-11-17(26-24-18)14-4-2-3-5-15(14)21/h2-7,10-11H,8-9H2,1H3,(H,23,25). The zero-order valence-electron chi connectivity index (χ0n) is 14.1. The molecule has 4 rings (SSSR count). The van der Waals surface area contributed by atoms with Crippen LogP contribution in [0.25, 0.3) is 11.3 Å². The van der Waals surface area contributed by atoms with Crippen LogP contribution in [0.15, 0.2) is 53.1 Å². The van der Waals surface area contributed by atoms with Gasteiger partial charge < -0.3 is 9.84 Å². The Morgan fingerprint density at radius 1 is 1.12 bits per heavy atom. The van der Waals surface area contributed by atoms with E-state index in [-0.39, 0.29) is 17.5 Å². The van der Waals surface area contributed by atoms with Gasteiger partial charge in [-0.3, -0.25) is 4.79 Å². The van der Waals surface area contributed by atoms with E-state index in [1.54, 1.807) is 43.3 Å². The molecule has 0 aliphatic heterocycles. The van der Waals surface area contributed by atoms with E-state index in [0.29, 0.717) is 35.3 Å². The highest BCUT2D eigenvalue weighted by molar-refractivity contribution is 6.01. The molecule has 1 aliphatic rings. The maximum Gasteiger partial charge on any atom is 0.236 e. The number of aromatic nitrogens is 1. The number of nitrogens with zero attached hydrogens (tertiary/aromatic N) is 1. The van der Waals surface area contributed by atoms with Crippen molar-refractivity contribution in [1.29, 1.82) is 0 Å². The number of benzene rings is 2. The molecule has 6 heteroatoms. The molecule has 1 heterocycles. The summed E-state index contributed by atoms with van der Waals surface area (Å²) >= 11 is 0. The van der Waals surface area contributed by atoms with Gasteiger partial charge in [-0.25, -0.2) is 8.78 Å². The number of anilines is 1. The molecule has 1 aromatic heterocycles. The molecule has 26 heavy (non-hydrogen) atoms. The molecular formula is C20H16F2N2O2. The second-order valence-electron chi connectivity index (χ2n) is 6.56. The molecule has 1 saturated carbocycles. The maximum absolute atomic E-state index is 13.9. The zero-order valence-corrected chi connectivity index (χ0v) is 14.1. The van der Waals surface area contributed by atoms with Crippen LogP contribution in [0.4, 0.5) is 14.5 Å². The van der Waals surface area contributed by atoms with Crippen LogP contribution in [0.2, 0.25) is 0 Å². The van der Waals surface area contributed by atoms with E-state index in [1.165, 1.54) is 12.1 Å². The highest BCUT2D eigenvalue weighted by Gasteiger charge is 2.54. The van der Waals surface area contributed by atoms with Gasteiger partial charge in [-0.1, -0.05) is 23.4 Å². The molecule has 4 nitrogen and oxygen atoms in total. The van der Waals surface area contributed by atoms with E-state index in [0.717, 1.165) is 0 Å². The van der Waals surface area contributed by atoms with Crippen LogP contribution in [0.5, 0.6) is 0 Å². The van der Waals surface area contributed by atoms with Crippen molar-refractivity contribution >= 4 is 11.6 Å². The Morgan fingerprint density at radius 2 is 1.88 bits per heavy atom. The first-order valence-electron chi connectivity index (χ1n) is 8.29. The van der Waals surface area contributed by atoms with Crippen molar-refractivity contribution in [2.45, 2.75) is 25.2 Å². The van der Waals surface area contributed by atoms with Crippen LogP contribution in [0.1, 0.15) is 24.1 Å². The van der Waals surface area contributed by atoms with E-state index >= 15 is 0 Å². The van der Waals surface area contributed by atoms with Gasteiger partial charge in [0.1, 0.15) is 11.6 Å². The summed E-state index contributed by atoms with van der Waals surface area (Å²) in [7, 11) is 0. The number of hydrogen-bond donors (Lipinski definition) is 1. The van der Waals surface area contributed by atoms with Crippen molar-refractivity contribution in [3.05, 3.63) is 71.4 Å². The van der Waals surface area contributed by atoms with Crippen molar-refractivity contribution in [2.75, 3.05) is 5.32 Å². The topological polar surface area (TPSA) is 55.1 Å². The number of halogens is 2. The number of carbonyl (C=O) groups excluding carboxylic acids is 1. The summed E-state index contributed by atoms with van der Waals surface area (Å²) in [6.07, 6.45) is 1.22. The van der Waals surface area contributed by atoms with Gasteiger partial charge in [0.15, 0.2) is 5.76 Å². The predicted octanol–water partition coefficient (Wildman–Crippen LogP) is 4.60. The van der Waals surface area contributed by atoms with Crippen LogP contribution >= 0.6 is 0 Å². The maximum atomic E-state index is 13.9. The van der Waals surface area contributed by atoms with Gasteiger partial charge in [-0.05, 0) is 49.6 Å². The minimum Gasteiger partial charge on any atom is -0.356 e. The molecule has 1 amide bonds. The molecule has 2 aromatic carbocycles.